The molecule has 30 heavy (non-hydrogen) atoms. The zero-order valence-electron chi connectivity index (χ0n) is 16.1. The van der Waals surface area contributed by atoms with Gasteiger partial charge in [0.05, 0.1) is 0 Å². The molecule has 0 bridgehead atoms. The molecule has 0 unspecified atom stereocenters. The zero-order chi connectivity index (χ0) is 20.7. The number of halogens is 1. The monoisotopic (exact) mass is 394 g/mol. The predicted molar refractivity (Wildman–Crippen MR) is 119 cm³/mol. The van der Waals surface area contributed by atoms with Gasteiger partial charge in [-0.05, 0) is 51.4 Å². The van der Waals surface area contributed by atoms with Crippen LogP contribution in [0.3, 0.4) is 0 Å². The average Bonchev–Trinajstić information content (AvgIpc) is 2.77. The summed E-state index contributed by atoms with van der Waals surface area (Å²) in [6, 6.07) is 29.0. The molecule has 0 spiro atoms. The lowest BCUT2D eigenvalue weighted by molar-refractivity contribution is 0.460. The Bertz CT molecular complexity index is 1290. The molecule has 0 radical (unpaired) electrons. The summed E-state index contributed by atoms with van der Waals surface area (Å²) in [5.41, 5.74) is 2.16. The van der Waals surface area contributed by atoms with Crippen LogP contribution in [0.15, 0.2) is 97.1 Å². The molecular weight excluding hydrogens is 375 g/mol. The highest BCUT2D eigenvalue weighted by Gasteiger charge is 2.26. The second-order valence-corrected chi connectivity index (χ2v) is 7.42. The SMILES string of the molecule is Oc1ccc2ccccc2c1C(c1ccc(F)cc1)c1c(O)ccc2ccccc12. The van der Waals surface area contributed by atoms with E-state index in [1.54, 1.807) is 24.3 Å². The smallest absolute Gasteiger partial charge is 0.123 e. The predicted octanol–water partition coefficient (Wildman–Crippen LogP) is 6.72. The summed E-state index contributed by atoms with van der Waals surface area (Å²) in [5.74, 6) is -0.546. The largest absolute Gasteiger partial charge is 0.508 e. The van der Waals surface area contributed by atoms with E-state index < -0.39 is 5.92 Å². The van der Waals surface area contributed by atoms with E-state index in [0.29, 0.717) is 11.1 Å². The highest BCUT2D eigenvalue weighted by Crippen LogP contribution is 2.46. The van der Waals surface area contributed by atoms with Gasteiger partial charge in [-0.1, -0.05) is 72.8 Å². The topological polar surface area (TPSA) is 40.5 Å². The first-order valence-corrected chi connectivity index (χ1v) is 9.80. The first kappa shape index (κ1) is 18.2. The summed E-state index contributed by atoms with van der Waals surface area (Å²) in [7, 11) is 0. The molecule has 0 saturated heterocycles. The van der Waals surface area contributed by atoms with Crippen LogP contribution in [-0.2, 0) is 0 Å². The highest BCUT2D eigenvalue weighted by atomic mass is 19.1. The van der Waals surface area contributed by atoms with Crippen LogP contribution < -0.4 is 0 Å². The van der Waals surface area contributed by atoms with Gasteiger partial charge >= 0.3 is 0 Å². The van der Waals surface area contributed by atoms with Crippen molar-refractivity contribution in [2.45, 2.75) is 5.92 Å². The Morgan fingerprint density at radius 1 is 0.533 bits per heavy atom. The third-order valence-corrected chi connectivity index (χ3v) is 5.68. The molecule has 0 heterocycles. The second kappa shape index (κ2) is 7.20. The number of hydrogen-bond donors (Lipinski definition) is 2. The summed E-state index contributed by atoms with van der Waals surface area (Å²) in [4.78, 5) is 0. The Morgan fingerprint density at radius 3 is 1.50 bits per heavy atom. The van der Waals surface area contributed by atoms with Gasteiger partial charge in [0.15, 0.2) is 0 Å². The van der Waals surface area contributed by atoms with Gasteiger partial charge in [-0.3, -0.25) is 0 Å². The third-order valence-electron chi connectivity index (χ3n) is 5.68. The van der Waals surface area contributed by atoms with Crippen LogP contribution in [0, 0.1) is 5.82 Å². The molecular formula is C27H19FO2. The summed E-state index contributed by atoms with van der Waals surface area (Å²) in [6.45, 7) is 0. The van der Waals surface area contributed by atoms with Crippen LogP contribution in [0.2, 0.25) is 0 Å². The molecule has 5 aromatic carbocycles. The van der Waals surface area contributed by atoms with Crippen LogP contribution >= 0.6 is 0 Å². The minimum absolute atomic E-state index is 0.135. The molecule has 0 aromatic heterocycles. The van der Waals surface area contributed by atoms with E-state index in [1.165, 1.54) is 12.1 Å². The maximum Gasteiger partial charge on any atom is 0.123 e. The minimum Gasteiger partial charge on any atom is -0.508 e. The number of fused-ring (bicyclic) bond motifs is 2. The van der Waals surface area contributed by atoms with Crippen molar-refractivity contribution in [3.8, 4) is 11.5 Å². The first-order valence-electron chi connectivity index (χ1n) is 9.80. The van der Waals surface area contributed by atoms with E-state index in [4.69, 9.17) is 0 Å². The van der Waals surface area contributed by atoms with Crippen LogP contribution in [0.4, 0.5) is 4.39 Å². The molecule has 0 amide bonds. The van der Waals surface area contributed by atoms with Gasteiger partial charge < -0.3 is 10.2 Å². The molecule has 0 fully saturated rings. The molecule has 3 heteroatoms. The van der Waals surface area contributed by atoms with E-state index in [2.05, 4.69) is 0 Å². The normalized spacial score (nSPS) is 11.4. The molecule has 5 rings (SSSR count). The Balaban J connectivity index is 1.92. The Kier molecular flexibility index (Phi) is 4.36. The summed E-state index contributed by atoms with van der Waals surface area (Å²) in [5, 5.41) is 25.7. The summed E-state index contributed by atoms with van der Waals surface area (Å²) in [6.07, 6.45) is 0. The van der Waals surface area contributed by atoms with Crippen molar-refractivity contribution in [1.29, 1.82) is 0 Å². The van der Waals surface area contributed by atoms with E-state index in [9.17, 15) is 14.6 Å². The lowest BCUT2D eigenvalue weighted by atomic mass is 9.80. The van der Waals surface area contributed by atoms with Crippen LogP contribution in [-0.4, -0.2) is 10.2 Å². The molecule has 2 N–H and O–H groups in total. The van der Waals surface area contributed by atoms with Crippen molar-refractivity contribution in [1.82, 2.24) is 0 Å². The summed E-state index contributed by atoms with van der Waals surface area (Å²) < 4.78 is 13.7. The van der Waals surface area contributed by atoms with E-state index >= 15 is 0 Å². The quantitative estimate of drug-likeness (QED) is 0.333. The number of phenolic OH excluding ortho intramolecular Hbond substituents is 2. The van der Waals surface area contributed by atoms with Gasteiger partial charge in [-0.25, -0.2) is 4.39 Å². The fourth-order valence-electron chi connectivity index (χ4n) is 4.31. The van der Waals surface area contributed by atoms with Crippen molar-refractivity contribution in [3.05, 3.63) is 120 Å². The fourth-order valence-corrected chi connectivity index (χ4v) is 4.31. The zero-order valence-corrected chi connectivity index (χ0v) is 16.1. The van der Waals surface area contributed by atoms with E-state index in [-0.39, 0.29) is 17.3 Å². The Labute approximate surface area is 173 Å². The van der Waals surface area contributed by atoms with Gasteiger partial charge in [0.25, 0.3) is 0 Å². The molecule has 5 aromatic rings. The molecule has 2 nitrogen and oxygen atoms in total. The van der Waals surface area contributed by atoms with E-state index in [1.807, 2.05) is 60.7 Å². The first-order chi connectivity index (χ1) is 14.6. The van der Waals surface area contributed by atoms with Crippen LogP contribution in [0.1, 0.15) is 22.6 Å². The maximum absolute atomic E-state index is 13.7. The number of rotatable bonds is 3. The van der Waals surface area contributed by atoms with Crippen molar-refractivity contribution >= 4 is 21.5 Å². The standard InChI is InChI=1S/C27H19FO2/c28-20-13-9-19(10-14-20)25(26-21-7-3-1-5-17(21)11-15-23(26)29)27-22-8-4-2-6-18(22)12-16-24(27)30/h1-16,25,29-30H. The van der Waals surface area contributed by atoms with Crippen molar-refractivity contribution < 1.29 is 14.6 Å². The Morgan fingerprint density at radius 2 is 1.00 bits per heavy atom. The fraction of sp³-hybridized carbons (Fsp3) is 0.0370. The highest BCUT2D eigenvalue weighted by molar-refractivity contribution is 5.93. The van der Waals surface area contributed by atoms with Gasteiger partial charge in [0.1, 0.15) is 17.3 Å². The summed E-state index contributed by atoms with van der Waals surface area (Å²) >= 11 is 0. The Hall–Kier alpha value is -3.85. The molecule has 0 aliphatic rings. The number of phenols is 2. The lowest BCUT2D eigenvalue weighted by Crippen LogP contribution is -2.06. The molecule has 146 valence electrons. The second-order valence-electron chi connectivity index (χ2n) is 7.42. The van der Waals surface area contributed by atoms with Gasteiger partial charge in [-0.15, -0.1) is 0 Å². The molecule has 0 atom stereocenters. The number of benzene rings is 5. The van der Waals surface area contributed by atoms with E-state index in [0.717, 1.165) is 27.1 Å². The minimum atomic E-state index is -0.484. The van der Waals surface area contributed by atoms with Crippen molar-refractivity contribution in [2.24, 2.45) is 0 Å². The molecule has 0 aliphatic heterocycles. The third kappa shape index (κ3) is 2.96. The molecule has 0 saturated carbocycles. The number of aromatic hydroxyl groups is 2. The number of hydrogen-bond acceptors (Lipinski definition) is 2. The van der Waals surface area contributed by atoms with Gasteiger partial charge in [0.2, 0.25) is 0 Å². The van der Waals surface area contributed by atoms with Gasteiger partial charge in [0, 0.05) is 17.0 Å². The van der Waals surface area contributed by atoms with Crippen LogP contribution in [0.25, 0.3) is 21.5 Å². The van der Waals surface area contributed by atoms with Crippen molar-refractivity contribution in [3.63, 3.8) is 0 Å². The maximum atomic E-state index is 13.7. The lowest BCUT2D eigenvalue weighted by Gasteiger charge is -2.24. The molecule has 0 aliphatic carbocycles. The average molecular weight is 394 g/mol. The van der Waals surface area contributed by atoms with Crippen LogP contribution in [0.5, 0.6) is 11.5 Å². The van der Waals surface area contributed by atoms with Gasteiger partial charge in [-0.2, -0.15) is 0 Å². The van der Waals surface area contributed by atoms with Crippen molar-refractivity contribution in [2.75, 3.05) is 0 Å².